The van der Waals surface area contributed by atoms with Crippen molar-refractivity contribution in [2.75, 3.05) is 19.0 Å². The number of rotatable bonds is 9. The Morgan fingerprint density at radius 3 is 2.08 bits per heavy atom. The maximum atomic E-state index is 14.2. The van der Waals surface area contributed by atoms with E-state index in [2.05, 4.69) is 0 Å². The smallest absolute Gasteiger partial charge is 0.338 e. The standard InChI is InChI=1S/C40H56O23S/c1-13-11-55-39(9-19(13)58-34(51)16-4-6-17(42)7-5-16)38(52)40(53)22(43)8-18-21(12-64(54)32(18)33(40)63-39)60-37-31(27(48)24(45)15(3)57-37)62-36-29(50)30(25(46)20(10-41)59-36)61-35-28(49)26(47)23(44)14(2)56-35/h4-7,13-15,18-33,35-37,41-50,53H,8-12H2,1-3H3/t13-,14+,15-,18-,19+,20-,21+,22+,23+,24-,25-,26-,27+,28-,29-,30+,31-,32+,33-,35+,36+,37+,39+,40-,64+/m1/s1. The molecule has 11 N–H and O–H groups in total. The first kappa shape index (κ1) is 48.1. The number of carbonyl (C=O) groups excluding carboxylic acids is 2. The summed E-state index contributed by atoms with van der Waals surface area (Å²) in [7, 11) is -1.94. The molecule has 23 nitrogen and oxygen atoms in total. The molecule has 0 radical (unpaired) electrons. The summed E-state index contributed by atoms with van der Waals surface area (Å²) < 4.78 is 67.1. The molecule has 360 valence electrons. The molecule has 1 aromatic carbocycles. The van der Waals surface area contributed by atoms with Gasteiger partial charge in [-0.3, -0.25) is 9.00 Å². The number of ketones is 1. The van der Waals surface area contributed by atoms with Gasteiger partial charge in [0.2, 0.25) is 11.6 Å². The van der Waals surface area contributed by atoms with Gasteiger partial charge in [-0.2, -0.15) is 0 Å². The van der Waals surface area contributed by atoms with Crippen LogP contribution in [-0.2, 0) is 58.2 Å². The quantitative estimate of drug-likeness (QED) is 0.103. The van der Waals surface area contributed by atoms with Gasteiger partial charge in [-0.05, 0) is 44.5 Å². The van der Waals surface area contributed by atoms with Crippen LogP contribution in [0.25, 0.3) is 0 Å². The third-order valence-corrected chi connectivity index (χ3v) is 15.5. The second kappa shape index (κ2) is 18.2. The maximum absolute atomic E-state index is 14.2. The number of phenolic OH excluding ortho intramolecular Hbond substituents is 1. The number of hydrogen-bond acceptors (Lipinski definition) is 23. The Hall–Kier alpha value is -2.41. The number of aliphatic hydroxyl groups is 10. The molecule has 6 saturated heterocycles. The van der Waals surface area contributed by atoms with Crippen LogP contribution in [0.4, 0.5) is 0 Å². The topological polar surface area (TPSA) is 357 Å². The van der Waals surface area contributed by atoms with Crippen molar-refractivity contribution in [3.8, 4) is 5.75 Å². The molecule has 1 saturated carbocycles. The van der Waals surface area contributed by atoms with E-state index in [1.54, 1.807) is 6.92 Å². The highest BCUT2D eigenvalue weighted by molar-refractivity contribution is 7.86. The van der Waals surface area contributed by atoms with Gasteiger partial charge in [-0.25, -0.2) is 4.79 Å². The minimum Gasteiger partial charge on any atom is -0.508 e. The molecule has 0 amide bonds. The molecule has 8 rings (SSSR count). The van der Waals surface area contributed by atoms with Crippen LogP contribution in [0.15, 0.2) is 24.3 Å². The first-order chi connectivity index (χ1) is 30.2. The van der Waals surface area contributed by atoms with Crippen LogP contribution in [0, 0.1) is 11.8 Å². The van der Waals surface area contributed by atoms with Gasteiger partial charge in [0.15, 0.2) is 24.5 Å². The van der Waals surface area contributed by atoms with Gasteiger partial charge in [0.1, 0.15) is 79.0 Å². The summed E-state index contributed by atoms with van der Waals surface area (Å²) in [5.74, 6) is -5.74. The van der Waals surface area contributed by atoms with E-state index >= 15 is 0 Å². The molecule has 24 heteroatoms. The van der Waals surface area contributed by atoms with E-state index in [1.807, 2.05) is 0 Å². The molecule has 0 unspecified atom stereocenters. The second-order valence-corrected chi connectivity index (χ2v) is 19.5. The summed E-state index contributed by atoms with van der Waals surface area (Å²) in [5.41, 5.74) is -2.50. The lowest BCUT2D eigenvalue weighted by Gasteiger charge is -2.48. The Morgan fingerprint density at radius 2 is 1.41 bits per heavy atom. The van der Waals surface area contributed by atoms with Crippen molar-refractivity contribution in [1.29, 1.82) is 0 Å². The summed E-state index contributed by atoms with van der Waals surface area (Å²) in [6, 6.07) is 5.30. The predicted octanol–water partition coefficient (Wildman–Crippen LogP) is -5.23. The monoisotopic (exact) mass is 936 g/mol. The van der Waals surface area contributed by atoms with Gasteiger partial charge in [0, 0.05) is 29.1 Å². The zero-order valence-corrected chi connectivity index (χ0v) is 35.6. The van der Waals surface area contributed by atoms with Crippen molar-refractivity contribution >= 4 is 22.6 Å². The second-order valence-electron chi connectivity index (χ2n) is 17.8. The molecule has 25 atom stereocenters. The molecular formula is C40H56O23S. The summed E-state index contributed by atoms with van der Waals surface area (Å²) in [6.07, 6.45) is -31.0. The minimum absolute atomic E-state index is 0.0724. The highest BCUT2D eigenvalue weighted by Crippen LogP contribution is 2.53. The van der Waals surface area contributed by atoms with Crippen molar-refractivity contribution < 1.29 is 113 Å². The Morgan fingerprint density at radius 1 is 0.781 bits per heavy atom. The van der Waals surface area contributed by atoms with Crippen LogP contribution in [0.3, 0.4) is 0 Å². The fourth-order valence-corrected chi connectivity index (χ4v) is 11.8. The average molecular weight is 937 g/mol. The largest absolute Gasteiger partial charge is 0.508 e. The Kier molecular flexibility index (Phi) is 13.7. The van der Waals surface area contributed by atoms with E-state index in [1.165, 1.54) is 38.1 Å². The van der Waals surface area contributed by atoms with Crippen LogP contribution in [0.2, 0.25) is 0 Å². The molecule has 1 spiro atoms. The van der Waals surface area contributed by atoms with Gasteiger partial charge in [-0.1, -0.05) is 6.92 Å². The lowest BCUT2D eigenvalue weighted by atomic mass is 9.70. The van der Waals surface area contributed by atoms with Crippen molar-refractivity contribution in [2.45, 2.75) is 167 Å². The third-order valence-electron chi connectivity index (χ3n) is 13.6. The Bertz CT molecular complexity index is 1880. The van der Waals surface area contributed by atoms with E-state index in [9.17, 15) is 70.0 Å². The summed E-state index contributed by atoms with van der Waals surface area (Å²) in [6.45, 7) is 3.47. The van der Waals surface area contributed by atoms with Gasteiger partial charge >= 0.3 is 5.97 Å². The Balaban J connectivity index is 0.995. The molecule has 7 fully saturated rings. The zero-order chi connectivity index (χ0) is 46.3. The normalized spacial score (nSPS) is 51.7. The van der Waals surface area contributed by atoms with E-state index in [-0.39, 0.29) is 36.5 Å². The van der Waals surface area contributed by atoms with Gasteiger partial charge in [0.25, 0.3) is 0 Å². The zero-order valence-electron chi connectivity index (χ0n) is 34.8. The number of fused-ring (bicyclic) bond motifs is 3. The molecule has 1 aliphatic carbocycles. The summed E-state index contributed by atoms with van der Waals surface area (Å²) in [4.78, 5) is 27.3. The third kappa shape index (κ3) is 8.24. The average Bonchev–Trinajstić information content (AvgIpc) is 3.68. The fraction of sp³-hybridized carbons (Fsp3) is 0.800. The van der Waals surface area contributed by atoms with Crippen LogP contribution < -0.4 is 0 Å². The number of phenols is 1. The molecule has 64 heavy (non-hydrogen) atoms. The fourth-order valence-electron chi connectivity index (χ4n) is 9.76. The van der Waals surface area contributed by atoms with E-state index in [0.717, 1.165) is 0 Å². The van der Waals surface area contributed by atoms with Crippen LogP contribution in [0.5, 0.6) is 5.75 Å². The number of esters is 1. The Labute approximate surface area is 367 Å². The number of aromatic hydroxyl groups is 1. The number of hydrogen-bond donors (Lipinski definition) is 11. The SMILES string of the molecule is C[C@@H]1CO[C@@]2(C[C@@H]1OC(=O)c1ccc(O)cc1)O[C@@H]1[C@@H]3[C@H](C[C@H](O)[C@]1(O)C2=O)[C@@H](O[C@@H]1O[C@H](C)[C@@H](O)[C@H](O)[C@H]1O[C@@H]1O[C@H](CO)[C@@H](O)[C@H](O[C@@H]2O[C@@H](C)[C@H](O)[C@@H](O)[C@H]2O)[C@H]1O)C[S@@]3=O. The van der Waals surface area contributed by atoms with E-state index < -0.39 is 174 Å². The summed E-state index contributed by atoms with van der Waals surface area (Å²) >= 11 is 0. The molecule has 0 aromatic heterocycles. The molecule has 1 aromatic rings. The van der Waals surface area contributed by atoms with E-state index in [4.69, 9.17) is 42.6 Å². The van der Waals surface area contributed by atoms with Gasteiger partial charge < -0.3 is 98.8 Å². The van der Waals surface area contributed by atoms with Crippen molar-refractivity contribution in [3.05, 3.63) is 29.8 Å². The maximum Gasteiger partial charge on any atom is 0.338 e. The summed E-state index contributed by atoms with van der Waals surface area (Å²) in [5, 5.41) is 118. The van der Waals surface area contributed by atoms with E-state index in [0.29, 0.717) is 0 Å². The molecule has 6 heterocycles. The predicted molar refractivity (Wildman–Crippen MR) is 207 cm³/mol. The van der Waals surface area contributed by atoms with Crippen LogP contribution in [-0.4, -0.2) is 224 Å². The van der Waals surface area contributed by atoms with Crippen LogP contribution in [0.1, 0.15) is 44.0 Å². The molecule has 0 bridgehead atoms. The number of aliphatic hydroxyl groups excluding tert-OH is 9. The molecule has 6 aliphatic heterocycles. The number of carbonyl (C=O) groups is 2. The van der Waals surface area contributed by atoms with Crippen molar-refractivity contribution in [2.24, 2.45) is 11.8 Å². The van der Waals surface area contributed by atoms with Crippen molar-refractivity contribution in [3.63, 3.8) is 0 Å². The lowest BCUT2D eigenvalue weighted by Crippen LogP contribution is -2.66. The van der Waals surface area contributed by atoms with Gasteiger partial charge in [-0.15, -0.1) is 0 Å². The van der Waals surface area contributed by atoms with Gasteiger partial charge in [0.05, 0.1) is 54.2 Å². The minimum atomic E-state index is -2.62. The number of ether oxygens (including phenoxy) is 9. The molecule has 7 aliphatic rings. The lowest BCUT2D eigenvalue weighted by molar-refractivity contribution is -0.386. The number of benzene rings is 1. The number of Topliss-reactive ketones (excluding diaryl/α,β-unsaturated/α-hetero) is 1. The van der Waals surface area contributed by atoms with Crippen LogP contribution >= 0.6 is 0 Å². The van der Waals surface area contributed by atoms with Crippen molar-refractivity contribution in [1.82, 2.24) is 0 Å². The first-order valence-corrected chi connectivity index (χ1v) is 22.5. The first-order valence-electron chi connectivity index (χ1n) is 21.1. The molecular weight excluding hydrogens is 880 g/mol. The highest BCUT2D eigenvalue weighted by Gasteiger charge is 2.75. The highest BCUT2D eigenvalue weighted by atomic mass is 32.2.